The molecule has 0 atom stereocenters. The first-order valence-electron chi connectivity index (χ1n) is 4.48. The first-order chi connectivity index (χ1) is 7.24. The molecule has 2 nitrogen and oxygen atoms in total. The minimum absolute atomic E-state index is 0.876. The molecular formula is C11H10BrNOS. The molecule has 0 bridgehead atoms. The molecule has 1 aromatic heterocycles. The van der Waals surface area contributed by atoms with E-state index in [4.69, 9.17) is 4.52 Å². The van der Waals surface area contributed by atoms with Crippen molar-refractivity contribution < 1.29 is 4.52 Å². The summed E-state index contributed by atoms with van der Waals surface area (Å²) in [5, 5.41) is 3.94. The third-order valence-electron chi connectivity index (χ3n) is 2.28. The molecule has 0 unspecified atom stereocenters. The van der Waals surface area contributed by atoms with Crippen molar-refractivity contribution in [1.82, 2.24) is 5.16 Å². The quantitative estimate of drug-likeness (QED) is 0.775. The first-order valence-corrected chi connectivity index (χ1v) is 6.49. The van der Waals surface area contributed by atoms with Crippen LogP contribution in [0, 0.1) is 6.92 Å². The van der Waals surface area contributed by atoms with Crippen LogP contribution < -0.4 is 0 Å². The fourth-order valence-corrected chi connectivity index (χ4v) is 2.81. The molecule has 0 N–H and O–H groups in total. The van der Waals surface area contributed by atoms with Gasteiger partial charge in [0.05, 0.1) is 0 Å². The van der Waals surface area contributed by atoms with Crippen molar-refractivity contribution >= 4 is 27.7 Å². The zero-order chi connectivity index (χ0) is 10.8. The minimum Gasteiger partial charge on any atom is -0.364 e. The van der Waals surface area contributed by atoms with E-state index in [-0.39, 0.29) is 0 Å². The first kappa shape index (κ1) is 10.8. The number of aromatic nitrogens is 1. The van der Waals surface area contributed by atoms with Gasteiger partial charge in [-0.15, -0.1) is 11.8 Å². The molecule has 0 saturated heterocycles. The summed E-state index contributed by atoms with van der Waals surface area (Å²) >= 11 is 5.32. The molecule has 1 aromatic carbocycles. The van der Waals surface area contributed by atoms with Crippen molar-refractivity contribution in [1.29, 1.82) is 0 Å². The van der Waals surface area contributed by atoms with Crippen molar-refractivity contribution in [2.45, 2.75) is 11.8 Å². The van der Waals surface area contributed by atoms with E-state index in [2.05, 4.69) is 46.4 Å². The number of benzene rings is 1. The van der Waals surface area contributed by atoms with Gasteiger partial charge in [0.15, 0.2) is 0 Å². The van der Waals surface area contributed by atoms with E-state index in [0.29, 0.717) is 0 Å². The van der Waals surface area contributed by atoms with Crippen LogP contribution in [0.25, 0.3) is 11.3 Å². The highest BCUT2D eigenvalue weighted by Gasteiger charge is 2.10. The molecule has 2 aromatic rings. The van der Waals surface area contributed by atoms with Gasteiger partial charge in [0.1, 0.15) is 12.0 Å². The lowest BCUT2D eigenvalue weighted by atomic mass is 10.1. The summed E-state index contributed by atoms with van der Waals surface area (Å²) in [6, 6.07) is 6.03. The molecule has 2 rings (SSSR count). The molecule has 15 heavy (non-hydrogen) atoms. The normalized spacial score (nSPS) is 10.6. The van der Waals surface area contributed by atoms with Gasteiger partial charge in [-0.1, -0.05) is 11.2 Å². The fraction of sp³-hybridized carbons (Fsp3) is 0.182. The maximum Gasteiger partial charge on any atom is 0.124 e. The second-order valence-electron chi connectivity index (χ2n) is 3.14. The number of thioether (sulfide) groups is 1. The molecule has 0 aliphatic heterocycles. The molecule has 4 heteroatoms. The molecule has 0 aliphatic carbocycles. The molecule has 0 saturated carbocycles. The van der Waals surface area contributed by atoms with E-state index < -0.39 is 0 Å². The summed E-state index contributed by atoms with van der Waals surface area (Å²) in [7, 11) is 0. The summed E-state index contributed by atoms with van der Waals surface area (Å²) < 4.78 is 5.98. The predicted molar refractivity (Wildman–Crippen MR) is 66.2 cm³/mol. The number of rotatable bonds is 2. The van der Waals surface area contributed by atoms with Crippen LogP contribution in [0.15, 0.2) is 38.4 Å². The Morgan fingerprint density at radius 3 is 2.73 bits per heavy atom. The number of hydrogen-bond donors (Lipinski definition) is 0. The van der Waals surface area contributed by atoms with Crippen LogP contribution in [0.3, 0.4) is 0 Å². The van der Waals surface area contributed by atoms with Crippen LogP contribution in [0.4, 0.5) is 0 Å². The number of nitrogens with zero attached hydrogens (tertiary/aromatic N) is 1. The van der Waals surface area contributed by atoms with Crippen molar-refractivity contribution in [2.24, 2.45) is 0 Å². The molecule has 1 heterocycles. The third kappa shape index (κ3) is 1.96. The maximum atomic E-state index is 4.85. The van der Waals surface area contributed by atoms with Gasteiger partial charge in [-0.25, -0.2) is 0 Å². The summed E-state index contributed by atoms with van der Waals surface area (Å²) in [6.45, 7) is 2.08. The van der Waals surface area contributed by atoms with E-state index in [1.807, 2.05) is 6.07 Å². The summed E-state index contributed by atoms with van der Waals surface area (Å²) in [6.07, 6.45) is 3.65. The van der Waals surface area contributed by atoms with Gasteiger partial charge < -0.3 is 4.52 Å². The van der Waals surface area contributed by atoms with Crippen LogP contribution in [0.1, 0.15) is 5.56 Å². The second kappa shape index (κ2) is 4.41. The summed E-state index contributed by atoms with van der Waals surface area (Å²) in [5.74, 6) is 0. The van der Waals surface area contributed by atoms with Crippen molar-refractivity contribution in [3.05, 3.63) is 34.5 Å². The average molecular weight is 284 g/mol. The van der Waals surface area contributed by atoms with Gasteiger partial charge in [0.25, 0.3) is 0 Å². The maximum absolute atomic E-state index is 4.85. The van der Waals surface area contributed by atoms with Gasteiger partial charge in [-0.05, 0) is 40.7 Å². The summed E-state index contributed by atoms with van der Waals surface area (Å²) in [4.78, 5) is 1.24. The SMILES string of the molecule is CSc1ccc(-c2ccon2)c(C)c1Br. The Morgan fingerprint density at radius 1 is 1.33 bits per heavy atom. The molecule has 78 valence electrons. The molecule has 0 aliphatic rings. The lowest BCUT2D eigenvalue weighted by Gasteiger charge is -2.08. The van der Waals surface area contributed by atoms with E-state index in [1.165, 1.54) is 10.5 Å². The highest BCUT2D eigenvalue weighted by atomic mass is 79.9. The Hall–Kier alpha value is -0.740. The number of hydrogen-bond acceptors (Lipinski definition) is 3. The zero-order valence-corrected chi connectivity index (χ0v) is 10.9. The van der Waals surface area contributed by atoms with Crippen molar-refractivity contribution in [3.8, 4) is 11.3 Å². The lowest BCUT2D eigenvalue weighted by Crippen LogP contribution is -1.87. The second-order valence-corrected chi connectivity index (χ2v) is 4.78. The van der Waals surface area contributed by atoms with E-state index in [0.717, 1.165) is 15.7 Å². The largest absolute Gasteiger partial charge is 0.364 e. The molecule has 0 radical (unpaired) electrons. The Morgan fingerprint density at radius 2 is 2.13 bits per heavy atom. The summed E-state index contributed by atoms with van der Waals surface area (Å²) in [5.41, 5.74) is 3.17. The van der Waals surface area contributed by atoms with E-state index >= 15 is 0 Å². The van der Waals surface area contributed by atoms with Gasteiger partial charge in [0.2, 0.25) is 0 Å². The minimum atomic E-state index is 0.876. The number of halogens is 1. The van der Waals surface area contributed by atoms with Gasteiger partial charge in [-0.2, -0.15) is 0 Å². The Bertz CT molecular complexity index is 468. The zero-order valence-electron chi connectivity index (χ0n) is 8.45. The smallest absolute Gasteiger partial charge is 0.124 e. The third-order valence-corrected chi connectivity index (χ3v) is 4.35. The van der Waals surface area contributed by atoms with Crippen LogP contribution in [0.2, 0.25) is 0 Å². The van der Waals surface area contributed by atoms with Gasteiger partial charge in [-0.3, -0.25) is 0 Å². The van der Waals surface area contributed by atoms with E-state index in [9.17, 15) is 0 Å². The van der Waals surface area contributed by atoms with Crippen LogP contribution in [0.5, 0.6) is 0 Å². The Labute approximate surface area is 101 Å². The van der Waals surface area contributed by atoms with Gasteiger partial charge >= 0.3 is 0 Å². The molecule has 0 spiro atoms. The van der Waals surface area contributed by atoms with Crippen LogP contribution in [-0.4, -0.2) is 11.4 Å². The van der Waals surface area contributed by atoms with Crippen LogP contribution in [-0.2, 0) is 0 Å². The predicted octanol–water partition coefficient (Wildman–Crippen LogP) is 4.13. The lowest BCUT2D eigenvalue weighted by molar-refractivity contribution is 0.422. The highest BCUT2D eigenvalue weighted by molar-refractivity contribution is 9.10. The molecular weight excluding hydrogens is 274 g/mol. The highest BCUT2D eigenvalue weighted by Crippen LogP contribution is 2.34. The topological polar surface area (TPSA) is 26.0 Å². The molecule has 0 amide bonds. The average Bonchev–Trinajstić information content (AvgIpc) is 2.75. The fourth-order valence-electron chi connectivity index (χ4n) is 1.45. The Balaban J connectivity index is 2.56. The van der Waals surface area contributed by atoms with Crippen LogP contribution >= 0.6 is 27.7 Å². The Kier molecular flexibility index (Phi) is 3.17. The van der Waals surface area contributed by atoms with Gasteiger partial charge in [0, 0.05) is 21.0 Å². The van der Waals surface area contributed by atoms with E-state index in [1.54, 1.807) is 18.0 Å². The van der Waals surface area contributed by atoms with Crippen molar-refractivity contribution in [2.75, 3.05) is 6.26 Å². The van der Waals surface area contributed by atoms with Crippen molar-refractivity contribution in [3.63, 3.8) is 0 Å². The monoisotopic (exact) mass is 283 g/mol. The standard InChI is InChI=1S/C11H10BrNOS/c1-7-8(9-5-6-14-13-9)3-4-10(15-2)11(7)12/h3-6H,1-2H3. The molecule has 0 fully saturated rings.